The minimum absolute atomic E-state index is 0.0105. The number of halogens is 1. The molecule has 0 saturated carbocycles. The van der Waals surface area contributed by atoms with Crippen LogP contribution in [0.4, 0.5) is 5.82 Å². The largest absolute Gasteiger partial charge is 0.381 e. The summed E-state index contributed by atoms with van der Waals surface area (Å²) in [5.41, 5.74) is 2.96. The first-order valence-corrected chi connectivity index (χ1v) is 13.5. The summed E-state index contributed by atoms with van der Waals surface area (Å²) in [5, 5.41) is 15.6. The SMILES string of the molecule is COCC=CC(=O)N1CC(NC(=O)c2c(C)nc(CNc3n[nH]c4cc(Cl)c(C(C)(C)C)cc34)n2C(C)C)C1. The number of fused-ring (bicyclic) bond motifs is 1. The van der Waals surface area contributed by atoms with Crippen LogP contribution in [0.3, 0.4) is 0 Å². The number of H-pyrrole nitrogens is 1. The van der Waals surface area contributed by atoms with Crippen LogP contribution in [0, 0.1) is 6.92 Å². The van der Waals surface area contributed by atoms with Crippen molar-refractivity contribution < 1.29 is 14.3 Å². The van der Waals surface area contributed by atoms with E-state index in [2.05, 4.69) is 47.7 Å². The van der Waals surface area contributed by atoms with Crippen LogP contribution in [0.2, 0.25) is 5.02 Å². The average molecular weight is 556 g/mol. The standard InChI is InChI=1S/C28H38ClN7O3/c1-16(2)36-23(13-30-26-19-11-20(28(4,5)6)21(29)12-22(19)33-34-26)31-17(3)25(36)27(38)32-18-14-35(15-18)24(37)9-8-10-39-7/h8-9,11-12,16,18H,10,13-15H2,1-7H3,(H,32,38)(H2,30,33,34). The lowest BCUT2D eigenvalue weighted by atomic mass is 9.86. The third-order valence-electron chi connectivity index (χ3n) is 6.81. The summed E-state index contributed by atoms with van der Waals surface area (Å²) >= 11 is 6.53. The molecule has 2 aromatic heterocycles. The second-order valence-electron chi connectivity index (χ2n) is 11.3. The molecule has 1 saturated heterocycles. The zero-order valence-electron chi connectivity index (χ0n) is 23.7. The number of nitrogens with zero attached hydrogens (tertiary/aromatic N) is 4. The number of methoxy groups -OCH3 is 1. The van der Waals surface area contributed by atoms with Crippen molar-refractivity contribution in [3.05, 3.63) is 52.1 Å². The van der Waals surface area contributed by atoms with Crippen molar-refractivity contribution in [3.63, 3.8) is 0 Å². The Hall–Kier alpha value is -3.37. The molecule has 2 amide bonds. The number of benzene rings is 1. The summed E-state index contributed by atoms with van der Waals surface area (Å²) in [4.78, 5) is 31.9. The number of carbonyl (C=O) groups excluding carboxylic acids is 2. The van der Waals surface area contributed by atoms with Crippen LogP contribution in [0.5, 0.6) is 0 Å². The minimum atomic E-state index is -0.193. The number of anilines is 1. The van der Waals surface area contributed by atoms with Gasteiger partial charge in [0.25, 0.3) is 5.91 Å². The van der Waals surface area contributed by atoms with Crippen molar-refractivity contribution in [3.8, 4) is 0 Å². The number of hydrogen-bond acceptors (Lipinski definition) is 6. The van der Waals surface area contributed by atoms with Gasteiger partial charge in [0, 0.05) is 42.7 Å². The number of ether oxygens (including phenoxy) is 1. The lowest BCUT2D eigenvalue weighted by molar-refractivity contribution is -0.130. The Balaban J connectivity index is 1.47. The molecule has 3 N–H and O–H groups in total. The van der Waals surface area contributed by atoms with E-state index in [1.165, 1.54) is 6.08 Å². The van der Waals surface area contributed by atoms with Crippen LogP contribution >= 0.6 is 11.6 Å². The quantitative estimate of drug-likeness (QED) is 0.338. The van der Waals surface area contributed by atoms with Gasteiger partial charge in [0.1, 0.15) is 11.5 Å². The number of likely N-dealkylation sites (tertiary alicyclic amines) is 1. The maximum Gasteiger partial charge on any atom is 0.270 e. The highest BCUT2D eigenvalue weighted by Crippen LogP contribution is 2.35. The highest BCUT2D eigenvalue weighted by Gasteiger charge is 2.32. The molecule has 1 fully saturated rings. The van der Waals surface area contributed by atoms with Gasteiger partial charge in [0.15, 0.2) is 5.82 Å². The highest BCUT2D eigenvalue weighted by molar-refractivity contribution is 6.32. The van der Waals surface area contributed by atoms with E-state index in [-0.39, 0.29) is 29.3 Å². The lowest BCUT2D eigenvalue weighted by Crippen LogP contribution is -2.60. The summed E-state index contributed by atoms with van der Waals surface area (Å²) in [5.74, 6) is 1.16. The van der Waals surface area contributed by atoms with Gasteiger partial charge in [-0.1, -0.05) is 38.4 Å². The molecule has 39 heavy (non-hydrogen) atoms. The monoisotopic (exact) mass is 555 g/mol. The summed E-state index contributed by atoms with van der Waals surface area (Å²) in [7, 11) is 1.58. The van der Waals surface area contributed by atoms with E-state index in [0.717, 1.165) is 22.3 Å². The van der Waals surface area contributed by atoms with Gasteiger partial charge in [-0.05, 0) is 43.9 Å². The molecule has 0 unspecified atom stereocenters. The van der Waals surface area contributed by atoms with Gasteiger partial charge in [-0.15, -0.1) is 0 Å². The van der Waals surface area contributed by atoms with Crippen molar-refractivity contribution in [1.29, 1.82) is 0 Å². The molecular formula is C28H38ClN7O3. The van der Waals surface area contributed by atoms with Crippen LogP contribution in [-0.4, -0.2) is 69.3 Å². The first-order valence-electron chi connectivity index (χ1n) is 13.2. The molecule has 1 aromatic carbocycles. The second-order valence-corrected chi connectivity index (χ2v) is 11.7. The van der Waals surface area contributed by atoms with Gasteiger partial charge in [0.2, 0.25) is 5.91 Å². The molecule has 3 aromatic rings. The van der Waals surface area contributed by atoms with E-state index in [9.17, 15) is 9.59 Å². The van der Waals surface area contributed by atoms with E-state index in [0.29, 0.717) is 48.5 Å². The third-order valence-corrected chi connectivity index (χ3v) is 7.13. The van der Waals surface area contributed by atoms with Crippen LogP contribution in [0.25, 0.3) is 10.9 Å². The first kappa shape index (κ1) is 28.6. The molecule has 4 rings (SSSR count). The van der Waals surface area contributed by atoms with Crippen molar-refractivity contribution in [2.24, 2.45) is 0 Å². The number of aryl methyl sites for hydroxylation is 1. The molecule has 0 radical (unpaired) electrons. The second kappa shape index (κ2) is 11.4. The Morgan fingerprint density at radius 2 is 2.00 bits per heavy atom. The maximum absolute atomic E-state index is 13.3. The summed E-state index contributed by atoms with van der Waals surface area (Å²) in [6.45, 7) is 14.0. The number of rotatable bonds is 9. The van der Waals surface area contributed by atoms with Crippen molar-refractivity contribution in [2.75, 3.05) is 32.1 Å². The fraction of sp³-hybridized carbons (Fsp3) is 0.500. The lowest BCUT2D eigenvalue weighted by Gasteiger charge is -2.39. The van der Waals surface area contributed by atoms with Crippen molar-refractivity contribution in [2.45, 2.75) is 65.6 Å². The molecule has 0 bridgehead atoms. The van der Waals surface area contributed by atoms with E-state index in [1.807, 2.05) is 31.4 Å². The zero-order chi connectivity index (χ0) is 28.5. The van der Waals surface area contributed by atoms with Gasteiger partial charge in [0.05, 0.1) is 30.4 Å². The van der Waals surface area contributed by atoms with E-state index < -0.39 is 0 Å². The Morgan fingerprint density at radius 1 is 1.28 bits per heavy atom. The van der Waals surface area contributed by atoms with Gasteiger partial charge in [-0.3, -0.25) is 14.7 Å². The van der Waals surface area contributed by atoms with Gasteiger partial charge in [-0.2, -0.15) is 5.10 Å². The Bertz CT molecular complexity index is 1390. The molecule has 0 spiro atoms. The molecule has 10 nitrogen and oxygen atoms in total. The molecule has 1 aliphatic rings. The van der Waals surface area contributed by atoms with E-state index in [1.54, 1.807) is 18.1 Å². The smallest absolute Gasteiger partial charge is 0.270 e. The summed E-state index contributed by atoms with van der Waals surface area (Å²) < 4.78 is 6.89. The number of amides is 2. The van der Waals surface area contributed by atoms with Gasteiger partial charge < -0.3 is 24.8 Å². The van der Waals surface area contributed by atoms with Crippen LogP contribution in [0.15, 0.2) is 24.3 Å². The van der Waals surface area contributed by atoms with Crippen molar-refractivity contribution in [1.82, 2.24) is 30.0 Å². The van der Waals surface area contributed by atoms with E-state index >= 15 is 0 Å². The topological polar surface area (TPSA) is 117 Å². The van der Waals surface area contributed by atoms with Gasteiger partial charge >= 0.3 is 0 Å². The molecular weight excluding hydrogens is 518 g/mol. The molecule has 0 atom stereocenters. The Morgan fingerprint density at radius 3 is 2.64 bits per heavy atom. The highest BCUT2D eigenvalue weighted by atomic mass is 35.5. The number of hydrogen-bond donors (Lipinski definition) is 3. The third kappa shape index (κ3) is 6.12. The summed E-state index contributed by atoms with van der Waals surface area (Å²) in [6, 6.07) is 3.88. The fourth-order valence-corrected chi connectivity index (χ4v) is 5.27. The Kier molecular flexibility index (Phi) is 8.37. The van der Waals surface area contributed by atoms with Gasteiger partial charge in [-0.25, -0.2) is 4.98 Å². The number of carbonyl (C=O) groups is 2. The number of aromatic amines is 1. The average Bonchev–Trinajstić information content (AvgIpc) is 3.38. The molecule has 210 valence electrons. The minimum Gasteiger partial charge on any atom is -0.381 e. The van der Waals surface area contributed by atoms with Crippen molar-refractivity contribution >= 4 is 40.1 Å². The maximum atomic E-state index is 13.3. The van der Waals surface area contributed by atoms with E-state index in [4.69, 9.17) is 21.3 Å². The fourth-order valence-electron chi connectivity index (χ4n) is 4.82. The Labute approximate surface area is 234 Å². The number of aromatic nitrogens is 4. The predicted octanol–water partition coefficient (Wildman–Crippen LogP) is 4.35. The molecule has 11 heteroatoms. The van der Waals surface area contributed by atoms with Crippen LogP contribution in [-0.2, 0) is 21.5 Å². The normalized spacial score (nSPS) is 14.4. The molecule has 3 heterocycles. The molecule has 0 aliphatic carbocycles. The summed E-state index contributed by atoms with van der Waals surface area (Å²) in [6.07, 6.45) is 3.18. The predicted molar refractivity (Wildman–Crippen MR) is 153 cm³/mol. The van der Waals surface area contributed by atoms with Crippen LogP contribution in [0.1, 0.15) is 68.2 Å². The number of nitrogens with one attached hydrogen (secondary N) is 3. The molecule has 1 aliphatic heterocycles. The number of imidazole rings is 1. The zero-order valence-corrected chi connectivity index (χ0v) is 24.4. The van der Waals surface area contributed by atoms with Crippen LogP contribution < -0.4 is 10.6 Å². The first-order chi connectivity index (χ1) is 18.4.